The van der Waals surface area contributed by atoms with Gasteiger partial charge in [-0.1, -0.05) is 36.9 Å². The third-order valence-electron chi connectivity index (χ3n) is 4.83. The molecule has 1 aromatic carbocycles. The van der Waals surface area contributed by atoms with E-state index in [-0.39, 0.29) is 12.4 Å². The Hall–Kier alpha value is -3.39. The molecule has 3 N–H and O–H groups in total. The van der Waals surface area contributed by atoms with E-state index < -0.39 is 29.1 Å². The number of aromatic nitrogens is 2. The van der Waals surface area contributed by atoms with E-state index in [2.05, 4.69) is 21.9 Å². The fraction of sp³-hybridized carbons (Fsp3) is 0.190. The number of H-pyrrole nitrogens is 2. The van der Waals surface area contributed by atoms with Crippen LogP contribution >= 0.6 is 11.3 Å². The smallest absolute Gasteiger partial charge is 0.327 e. The molecule has 0 aliphatic carbocycles. The van der Waals surface area contributed by atoms with E-state index in [4.69, 9.17) is 4.74 Å². The van der Waals surface area contributed by atoms with E-state index >= 15 is 0 Å². The minimum atomic E-state index is -0.809. The fourth-order valence-corrected chi connectivity index (χ4v) is 4.55. The molecule has 3 aromatic rings. The molecule has 1 aliphatic rings. The molecule has 4 rings (SSSR count). The molecule has 29 heavy (non-hydrogen) atoms. The Morgan fingerprint density at radius 3 is 2.59 bits per heavy atom. The van der Waals surface area contributed by atoms with Gasteiger partial charge in [-0.2, -0.15) is 0 Å². The topological polar surface area (TPSA) is 104 Å². The molecule has 148 valence electrons. The van der Waals surface area contributed by atoms with Gasteiger partial charge in [0.1, 0.15) is 18.3 Å². The molecule has 2 atom stereocenters. The average Bonchev–Trinajstić information content (AvgIpc) is 3.11. The van der Waals surface area contributed by atoms with Gasteiger partial charge in [0.15, 0.2) is 0 Å². The summed E-state index contributed by atoms with van der Waals surface area (Å²) in [6.45, 7) is 6.04. The first kappa shape index (κ1) is 18.9. The van der Waals surface area contributed by atoms with Crippen molar-refractivity contribution in [1.82, 2.24) is 9.97 Å². The molecule has 0 spiro atoms. The van der Waals surface area contributed by atoms with Gasteiger partial charge in [-0.15, -0.1) is 11.3 Å². The molecule has 0 saturated heterocycles. The standard InChI is InChI=1S/C21H19N3O4S/c1-11-8-9-14(29-11)16-15(20(26)28-10-13-6-4-3-5-7-13)12(2)22-18-17(16)19(25)24-21(27)23-18/h3-9,15-16H,2,10H2,1H3,(H3,22,23,24,25,27)/t15-,16+/m0/s1. The largest absolute Gasteiger partial charge is 0.460 e. The Bertz CT molecular complexity index is 1190. The molecular formula is C21H19N3O4S. The molecule has 0 amide bonds. The van der Waals surface area contributed by atoms with Crippen molar-refractivity contribution >= 4 is 23.1 Å². The van der Waals surface area contributed by atoms with Crippen LogP contribution in [0, 0.1) is 12.8 Å². The highest BCUT2D eigenvalue weighted by atomic mass is 32.1. The van der Waals surface area contributed by atoms with Crippen molar-refractivity contribution in [2.45, 2.75) is 19.4 Å². The number of hydrogen-bond acceptors (Lipinski definition) is 6. The van der Waals surface area contributed by atoms with E-state index in [9.17, 15) is 14.4 Å². The quantitative estimate of drug-likeness (QED) is 0.575. The Balaban J connectivity index is 1.75. The number of nitrogens with one attached hydrogen (secondary N) is 3. The van der Waals surface area contributed by atoms with Gasteiger partial charge >= 0.3 is 11.7 Å². The van der Waals surface area contributed by atoms with Crippen LogP contribution in [0.3, 0.4) is 0 Å². The van der Waals surface area contributed by atoms with Gasteiger partial charge in [-0.05, 0) is 24.6 Å². The normalized spacial score (nSPS) is 18.0. The number of rotatable bonds is 4. The molecule has 0 unspecified atom stereocenters. The maximum atomic E-state index is 13.1. The number of benzene rings is 1. The first-order chi connectivity index (χ1) is 13.9. The number of hydrogen-bond donors (Lipinski definition) is 3. The van der Waals surface area contributed by atoms with Crippen molar-refractivity contribution in [2.75, 3.05) is 5.32 Å². The van der Waals surface area contributed by atoms with Crippen molar-refractivity contribution in [3.8, 4) is 0 Å². The molecular weight excluding hydrogens is 390 g/mol. The molecule has 1 aliphatic heterocycles. The van der Waals surface area contributed by atoms with Crippen molar-refractivity contribution in [2.24, 2.45) is 5.92 Å². The van der Waals surface area contributed by atoms with Crippen LogP contribution in [-0.2, 0) is 16.1 Å². The lowest BCUT2D eigenvalue weighted by molar-refractivity contribution is -0.149. The summed E-state index contributed by atoms with van der Waals surface area (Å²) in [7, 11) is 0. The molecule has 3 heterocycles. The van der Waals surface area contributed by atoms with Gasteiger partial charge in [0.25, 0.3) is 5.56 Å². The summed E-state index contributed by atoms with van der Waals surface area (Å²) < 4.78 is 5.56. The average molecular weight is 409 g/mol. The number of carbonyl (C=O) groups excluding carboxylic acids is 1. The summed E-state index contributed by atoms with van der Waals surface area (Å²) in [5.74, 6) is -1.65. The predicted molar refractivity (Wildman–Crippen MR) is 111 cm³/mol. The van der Waals surface area contributed by atoms with Crippen LogP contribution in [-0.4, -0.2) is 15.9 Å². The monoisotopic (exact) mass is 409 g/mol. The van der Waals surface area contributed by atoms with Gasteiger partial charge in [0.05, 0.1) is 5.56 Å². The van der Waals surface area contributed by atoms with E-state index in [0.717, 1.165) is 15.3 Å². The Kier molecular flexibility index (Phi) is 4.94. The highest BCUT2D eigenvalue weighted by Crippen LogP contribution is 2.43. The first-order valence-corrected chi connectivity index (χ1v) is 9.85. The lowest BCUT2D eigenvalue weighted by Crippen LogP contribution is -2.39. The summed E-state index contributed by atoms with van der Waals surface area (Å²) >= 11 is 1.49. The van der Waals surface area contributed by atoms with Gasteiger partial charge in [-0.3, -0.25) is 19.6 Å². The predicted octanol–water partition coefficient (Wildman–Crippen LogP) is 2.86. The van der Waals surface area contributed by atoms with Crippen molar-refractivity contribution < 1.29 is 9.53 Å². The summed E-state index contributed by atoms with van der Waals surface area (Å²) in [4.78, 5) is 44.1. The van der Waals surface area contributed by atoms with Gasteiger partial charge in [-0.25, -0.2) is 4.79 Å². The van der Waals surface area contributed by atoms with Crippen LogP contribution in [0.2, 0.25) is 0 Å². The molecule has 0 fully saturated rings. The van der Waals surface area contributed by atoms with Gasteiger partial charge in [0, 0.05) is 21.4 Å². The lowest BCUT2D eigenvalue weighted by atomic mass is 9.81. The molecule has 8 heteroatoms. The second-order valence-electron chi connectivity index (χ2n) is 6.84. The van der Waals surface area contributed by atoms with E-state index in [1.54, 1.807) is 0 Å². The van der Waals surface area contributed by atoms with Crippen LogP contribution < -0.4 is 16.6 Å². The van der Waals surface area contributed by atoms with Gasteiger partial charge in [0.2, 0.25) is 0 Å². The van der Waals surface area contributed by atoms with Crippen LogP contribution in [0.4, 0.5) is 5.82 Å². The van der Waals surface area contributed by atoms with Crippen molar-refractivity contribution in [1.29, 1.82) is 0 Å². The third-order valence-corrected chi connectivity index (χ3v) is 5.91. The molecule has 0 saturated carbocycles. The number of aryl methyl sites for hydroxylation is 1. The highest BCUT2D eigenvalue weighted by Gasteiger charge is 2.42. The summed E-state index contributed by atoms with van der Waals surface area (Å²) in [5.41, 5.74) is 0.357. The number of carbonyl (C=O) groups is 1. The second-order valence-corrected chi connectivity index (χ2v) is 8.16. The number of thiophene rings is 1. The van der Waals surface area contributed by atoms with Crippen molar-refractivity contribution in [3.63, 3.8) is 0 Å². The molecule has 0 bridgehead atoms. The van der Waals surface area contributed by atoms with Crippen LogP contribution in [0.5, 0.6) is 0 Å². The van der Waals surface area contributed by atoms with E-state index in [0.29, 0.717) is 11.3 Å². The van der Waals surface area contributed by atoms with E-state index in [1.165, 1.54) is 11.3 Å². The number of ether oxygens (including phenoxy) is 1. The third kappa shape index (κ3) is 3.66. The van der Waals surface area contributed by atoms with Gasteiger partial charge < -0.3 is 10.1 Å². The highest BCUT2D eigenvalue weighted by molar-refractivity contribution is 7.12. The molecule has 7 nitrogen and oxygen atoms in total. The zero-order chi connectivity index (χ0) is 20.5. The summed E-state index contributed by atoms with van der Waals surface area (Å²) in [5, 5.41) is 2.91. The molecule has 2 aromatic heterocycles. The minimum absolute atomic E-state index is 0.120. The summed E-state index contributed by atoms with van der Waals surface area (Å²) in [6, 6.07) is 13.2. The molecule has 0 radical (unpaired) electrons. The van der Waals surface area contributed by atoms with Crippen LogP contribution in [0.15, 0.2) is 64.3 Å². The first-order valence-electron chi connectivity index (χ1n) is 9.03. The Labute approximate surface area is 170 Å². The minimum Gasteiger partial charge on any atom is -0.460 e. The zero-order valence-electron chi connectivity index (χ0n) is 15.7. The number of aromatic amines is 2. The number of esters is 1. The summed E-state index contributed by atoms with van der Waals surface area (Å²) in [6.07, 6.45) is 0. The Morgan fingerprint density at radius 2 is 1.90 bits per heavy atom. The number of anilines is 1. The maximum Gasteiger partial charge on any atom is 0.327 e. The van der Waals surface area contributed by atoms with Crippen LogP contribution in [0.25, 0.3) is 0 Å². The Morgan fingerprint density at radius 1 is 1.14 bits per heavy atom. The SMILES string of the molecule is C=C1Nc2[nH]c(=O)[nH]c(=O)c2[C@H](c2ccc(C)s2)[C@H]1C(=O)OCc1ccccc1. The van der Waals surface area contributed by atoms with Crippen molar-refractivity contribution in [3.05, 3.63) is 96.5 Å². The van der Waals surface area contributed by atoms with Crippen LogP contribution in [0.1, 0.15) is 26.8 Å². The lowest BCUT2D eigenvalue weighted by Gasteiger charge is -2.32. The van der Waals surface area contributed by atoms with E-state index in [1.807, 2.05) is 49.4 Å². The second kappa shape index (κ2) is 7.56. The fourth-order valence-electron chi connectivity index (χ4n) is 3.52. The zero-order valence-corrected chi connectivity index (χ0v) is 16.5. The number of fused-ring (bicyclic) bond motifs is 1. The maximum absolute atomic E-state index is 13.1.